The number of methoxy groups -OCH3 is 1. The first-order valence-corrected chi connectivity index (χ1v) is 7.77. The van der Waals surface area contributed by atoms with Gasteiger partial charge in [0.25, 0.3) is 0 Å². The summed E-state index contributed by atoms with van der Waals surface area (Å²) >= 11 is 0. The molecule has 0 aliphatic heterocycles. The standard InChI is InChI=1S/C18H18N4O3/c1-11-8-15-16(9-12(11)2)22(21-20-15)10-17(23)19-14-7-5-4-6-13(14)18(24)25-3/h4-9H,10H2,1-3H3,(H,19,23). The number of rotatable bonds is 4. The van der Waals surface area contributed by atoms with Gasteiger partial charge in [-0.05, 0) is 49.2 Å². The van der Waals surface area contributed by atoms with Crippen molar-refractivity contribution in [1.82, 2.24) is 15.0 Å². The number of carbonyl (C=O) groups excluding carboxylic acids is 2. The Labute approximate surface area is 144 Å². The third kappa shape index (κ3) is 3.35. The number of esters is 1. The molecule has 0 saturated carbocycles. The van der Waals surface area contributed by atoms with Crippen molar-refractivity contribution in [2.75, 3.05) is 12.4 Å². The summed E-state index contributed by atoms with van der Waals surface area (Å²) in [5.41, 5.74) is 4.46. The second-order valence-corrected chi connectivity index (χ2v) is 5.76. The Kier molecular flexibility index (Phi) is 4.47. The molecule has 0 atom stereocenters. The number of carbonyl (C=O) groups is 2. The lowest BCUT2D eigenvalue weighted by molar-refractivity contribution is -0.116. The monoisotopic (exact) mass is 338 g/mol. The van der Waals surface area contributed by atoms with E-state index < -0.39 is 5.97 Å². The van der Waals surface area contributed by atoms with E-state index in [4.69, 9.17) is 4.74 Å². The molecule has 0 fully saturated rings. The molecule has 7 heteroatoms. The van der Waals surface area contributed by atoms with E-state index >= 15 is 0 Å². The number of aryl methyl sites for hydroxylation is 2. The lowest BCUT2D eigenvalue weighted by Crippen LogP contribution is -2.21. The van der Waals surface area contributed by atoms with Crippen molar-refractivity contribution in [1.29, 1.82) is 0 Å². The van der Waals surface area contributed by atoms with Crippen molar-refractivity contribution in [2.24, 2.45) is 0 Å². The minimum absolute atomic E-state index is 0.00545. The third-order valence-electron chi connectivity index (χ3n) is 4.03. The van der Waals surface area contributed by atoms with E-state index in [1.807, 2.05) is 26.0 Å². The zero-order chi connectivity index (χ0) is 18.0. The number of aromatic nitrogens is 3. The molecule has 0 aliphatic carbocycles. The molecule has 1 amide bonds. The van der Waals surface area contributed by atoms with Crippen molar-refractivity contribution in [3.05, 3.63) is 53.1 Å². The molecule has 3 rings (SSSR count). The highest BCUT2D eigenvalue weighted by molar-refractivity contribution is 6.01. The van der Waals surface area contributed by atoms with Crippen LogP contribution in [0.15, 0.2) is 36.4 Å². The Morgan fingerprint density at radius 1 is 1.16 bits per heavy atom. The number of nitrogens with one attached hydrogen (secondary N) is 1. The van der Waals surface area contributed by atoms with Crippen LogP contribution in [0.4, 0.5) is 5.69 Å². The van der Waals surface area contributed by atoms with E-state index in [1.54, 1.807) is 24.3 Å². The van der Waals surface area contributed by atoms with Crippen LogP contribution in [0.5, 0.6) is 0 Å². The third-order valence-corrected chi connectivity index (χ3v) is 4.03. The van der Waals surface area contributed by atoms with Crippen LogP contribution in [-0.2, 0) is 16.1 Å². The number of ether oxygens (including phenoxy) is 1. The quantitative estimate of drug-likeness (QED) is 0.739. The second kappa shape index (κ2) is 6.72. The van der Waals surface area contributed by atoms with Crippen LogP contribution < -0.4 is 5.32 Å². The zero-order valence-corrected chi connectivity index (χ0v) is 14.2. The summed E-state index contributed by atoms with van der Waals surface area (Å²) in [7, 11) is 1.30. The van der Waals surface area contributed by atoms with E-state index in [9.17, 15) is 9.59 Å². The number of hydrogen-bond donors (Lipinski definition) is 1. The number of amides is 1. The number of benzene rings is 2. The normalized spacial score (nSPS) is 10.7. The van der Waals surface area contributed by atoms with Crippen molar-refractivity contribution in [2.45, 2.75) is 20.4 Å². The number of fused-ring (bicyclic) bond motifs is 1. The molecule has 0 radical (unpaired) electrons. The minimum atomic E-state index is -0.506. The van der Waals surface area contributed by atoms with Gasteiger partial charge in [-0.3, -0.25) is 4.79 Å². The highest BCUT2D eigenvalue weighted by Crippen LogP contribution is 2.18. The molecule has 128 valence electrons. The van der Waals surface area contributed by atoms with Gasteiger partial charge in [0.05, 0.1) is 23.9 Å². The van der Waals surface area contributed by atoms with E-state index in [1.165, 1.54) is 11.8 Å². The summed E-state index contributed by atoms with van der Waals surface area (Å²) in [5.74, 6) is -0.811. The predicted octanol–water partition coefficient (Wildman–Crippen LogP) is 2.47. The van der Waals surface area contributed by atoms with Crippen molar-refractivity contribution >= 4 is 28.6 Å². The predicted molar refractivity (Wildman–Crippen MR) is 93.4 cm³/mol. The Morgan fingerprint density at radius 2 is 1.88 bits per heavy atom. The molecule has 0 spiro atoms. The highest BCUT2D eigenvalue weighted by atomic mass is 16.5. The summed E-state index contributed by atoms with van der Waals surface area (Å²) in [6.07, 6.45) is 0. The minimum Gasteiger partial charge on any atom is -0.465 e. The molecule has 0 unspecified atom stereocenters. The fourth-order valence-corrected chi connectivity index (χ4v) is 2.55. The topological polar surface area (TPSA) is 86.1 Å². The average Bonchev–Trinajstić information content (AvgIpc) is 2.96. The summed E-state index contributed by atoms with van der Waals surface area (Å²) in [6, 6.07) is 10.6. The lowest BCUT2D eigenvalue weighted by atomic mass is 10.1. The number of hydrogen-bond acceptors (Lipinski definition) is 5. The molecule has 7 nitrogen and oxygen atoms in total. The Balaban J connectivity index is 1.82. The van der Waals surface area contributed by atoms with Crippen LogP contribution in [0.1, 0.15) is 21.5 Å². The van der Waals surface area contributed by atoms with Crippen molar-refractivity contribution in [3.8, 4) is 0 Å². The van der Waals surface area contributed by atoms with Gasteiger partial charge in [-0.2, -0.15) is 0 Å². The maximum absolute atomic E-state index is 12.4. The Bertz CT molecular complexity index is 962. The number of nitrogens with zero attached hydrogens (tertiary/aromatic N) is 3. The first-order valence-electron chi connectivity index (χ1n) is 7.77. The van der Waals surface area contributed by atoms with E-state index in [0.717, 1.165) is 22.2 Å². The maximum Gasteiger partial charge on any atom is 0.339 e. The molecular formula is C18H18N4O3. The molecule has 1 heterocycles. The van der Waals surface area contributed by atoms with E-state index in [-0.39, 0.29) is 12.5 Å². The molecule has 1 aromatic heterocycles. The first-order chi connectivity index (χ1) is 12.0. The average molecular weight is 338 g/mol. The molecule has 0 aliphatic rings. The fraction of sp³-hybridized carbons (Fsp3) is 0.222. The number of para-hydroxylation sites is 1. The second-order valence-electron chi connectivity index (χ2n) is 5.76. The van der Waals surface area contributed by atoms with Crippen LogP contribution in [0.3, 0.4) is 0 Å². The maximum atomic E-state index is 12.4. The summed E-state index contributed by atoms with van der Waals surface area (Å²) in [5, 5.41) is 10.9. The van der Waals surface area contributed by atoms with Crippen molar-refractivity contribution in [3.63, 3.8) is 0 Å². The van der Waals surface area contributed by atoms with Crippen LogP contribution in [0, 0.1) is 13.8 Å². The highest BCUT2D eigenvalue weighted by Gasteiger charge is 2.15. The van der Waals surface area contributed by atoms with Gasteiger partial charge in [0.2, 0.25) is 5.91 Å². The lowest BCUT2D eigenvalue weighted by Gasteiger charge is -2.10. The van der Waals surface area contributed by atoms with Gasteiger partial charge in [-0.15, -0.1) is 5.10 Å². The SMILES string of the molecule is COC(=O)c1ccccc1NC(=O)Cn1nnc2cc(C)c(C)cc21. The van der Waals surface area contributed by atoms with E-state index in [2.05, 4.69) is 15.6 Å². The molecule has 0 saturated heterocycles. The van der Waals surface area contributed by atoms with Gasteiger partial charge in [0.1, 0.15) is 12.1 Å². The zero-order valence-electron chi connectivity index (χ0n) is 14.2. The van der Waals surface area contributed by atoms with Gasteiger partial charge in [-0.1, -0.05) is 17.3 Å². The van der Waals surface area contributed by atoms with Crippen LogP contribution in [0.2, 0.25) is 0 Å². The largest absolute Gasteiger partial charge is 0.465 e. The van der Waals surface area contributed by atoms with Gasteiger partial charge in [0, 0.05) is 0 Å². The van der Waals surface area contributed by atoms with E-state index in [0.29, 0.717) is 11.3 Å². The summed E-state index contributed by atoms with van der Waals surface area (Å²) < 4.78 is 6.27. The molecule has 25 heavy (non-hydrogen) atoms. The van der Waals surface area contributed by atoms with Crippen LogP contribution >= 0.6 is 0 Å². The summed E-state index contributed by atoms with van der Waals surface area (Å²) in [4.78, 5) is 24.2. The van der Waals surface area contributed by atoms with Gasteiger partial charge in [0.15, 0.2) is 0 Å². The van der Waals surface area contributed by atoms with Gasteiger partial charge >= 0.3 is 5.97 Å². The van der Waals surface area contributed by atoms with Crippen LogP contribution in [0.25, 0.3) is 11.0 Å². The van der Waals surface area contributed by atoms with Gasteiger partial charge < -0.3 is 10.1 Å². The first kappa shape index (κ1) is 16.6. The van der Waals surface area contributed by atoms with Crippen LogP contribution in [-0.4, -0.2) is 34.0 Å². The van der Waals surface area contributed by atoms with Gasteiger partial charge in [-0.25, -0.2) is 9.48 Å². The Morgan fingerprint density at radius 3 is 2.64 bits per heavy atom. The molecule has 1 N–H and O–H groups in total. The molecule has 3 aromatic rings. The van der Waals surface area contributed by atoms with Crippen molar-refractivity contribution < 1.29 is 14.3 Å². The Hall–Kier alpha value is -3.22. The smallest absolute Gasteiger partial charge is 0.339 e. The fourth-order valence-electron chi connectivity index (χ4n) is 2.55. The molecule has 0 bridgehead atoms. The molecular weight excluding hydrogens is 320 g/mol. The molecule has 2 aromatic carbocycles. The summed E-state index contributed by atoms with van der Waals surface area (Å²) in [6.45, 7) is 4.00. The number of anilines is 1.